The number of rotatable bonds is 3. The van der Waals surface area contributed by atoms with Crippen LogP contribution < -0.4 is 4.72 Å². The summed E-state index contributed by atoms with van der Waals surface area (Å²) in [6, 6.07) is 15.8. The van der Waals surface area contributed by atoms with Crippen LogP contribution in [0.3, 0.4) is 0 Å². The number of nitrogens with zero attached hydrogens (tertiary/aromatic N) is 1. The molecule has 0 bridgehead atoms. The molecule has 0 aliphatic rings. The first-order chi connectivity index (χ1) is 10.4. The molecule has 0 unspecified atom stereocenters. The summed E-state index contributed by atoms with van der Waals surface area (Å²) in [5, 5.41) is 0.790. The predicted molar refractivity (Wildman–Crippen MR) is 86.6 cm³/mol. The first-order valence-electron chi connectivity index (χ1n) is 6.63. The minimum atomic E-state index is -3.32. The number of hydrogen-bond donors (Lipinski definition) is 1. The molecule has 0 atom stereocenters. The minimum Gasteiger partial charge on any atom is -0.284 e. The maximum Gasteiger partial charge on any atom is 0.262 e. The van der Waals surface area contributed by atoms with Crippen molar-refractivity contribution in [1.82, 2.24) is 4.57 Å². The van der Waals surface area contributed by atoms with E-state index in [1.54, 1.807) is 47.2 Å². The number of carbonyl (C=O) groups excluding carboxylic acids is 1. The van der Waals surface area contributed by atoms with E-state index >= 15 is 0 Å². The van der Waals surface area contributed by atoms with Gasteiger partial charge < -0.3 is 0 Å². The van der Waals surface area contributed by atoms with E-state index in [0.29, 0.717) is 11.3 Å². The SMILES string of the molecule is CS(=O)(=O)Nc1ccc2c(ccn2C(=O)c2ccccc2)c1. The largest absolute Gasteiger partial charge is 0.284 e. The van der Waals surface area contributed by atoms with Crippen LogP contribution >= 0.6 is 0 Å². The molecule has 0 radical (unpaired) electrons. The highest BCUT2D eigenvalue weighted by Gasteiger charge is 2.12. The third-order valence-electron chi connectivity index (χ3n) is 3.23. The van der Waals surface area contributed by atoms with Gasteiger partial charge in [-0.3, -0.25) is 14.1 Å². The van der Waals surface area contributed by atoms with Gasteiger partial charge in [0.15, 0.2) is 0 Å². The molecule has 1 N–H and O–H groups in total. The molecular formula is C16H14N2O3S. The Morgan fingerprint density at radius 3 is 2.45 bits per heavy atom. The lowest BCUT2D eigenvalue weighted by Crippen LogP contribution is -2.11. The van der Waals surface area contributed by atoms with Crippen molar-refractivity contribution in [2.45, 2.75) is 0 Å². The number of benzene rings is 2. The van der Waals surface area contributed by atoms with E-state index < -0.39 is 10.0 Å². The van der Waals surface area contributed by atoms with Crippen LogP contribution in [0.4, 0.5) is 5.69 Å². The van der Waals surface area contributed by atoms with Crippen molar-refractivity contribution < 1.29 is 13.2 Å². The lowest BCUT2D eigenvalue weighted by molar-refractivity contribution is 0.0965. The van der Waals surface area contributed by atoms with E-state index in [4.69, 9.17) is 0 Å². The Morgan fingerprint density at radius 2 is 1.77 bits per heavy atom. The highest BCUT2D eigenvalue weighted by molar-refractivity contribution is 7.92. The summed E-state index contributed by atoms with van der Waals surface area (Å²) in [4.78, 5) is 12.5. The molecule has 5 nitrogen and oxygen atoms in total. The summed E-state index contributed by atoms with van der Waals surface area (Å²) in [6.07, 6.45) is 2.78. The van der Waals surface area contributed by atoms with Crippen LogP contribution in [0.25, 0.3) is 10.9 Å². The molecule has 3 rings (SSSR count). The van der Waals surface area contributed by atoms with Gasteiger partial charge in [0.05, 0.1) is 11.8 Å². The monoisotopic (exact) mass is 314 g/mol. The minimum absolute atomic E-state index is 0.126. The molecule has 112 valence electrons. The summed E-state index contributed by atoms with van der Waals surface area (Å²) < 4.78 is 26.5. The zero-order valence-electron chi connectivity index (χ0n) is 11.9. The molecule has 0 fully saturated rings. The molecule has 2 aromatic carbocycles. The summed E-state index contributed by atoms with van der Waals surface area (Å²) in [5.41, 5.74) is 1.80. The second kappa shape index (κ2) is 5.31. The van der Waals surface area contributed by atoms with Gasteiger partial charge in [0.1, 0.15) is 0 Å². The molecule has 0 saturated heterocycles. The molecule has 6 heteroatoms. The van der Waals surface area contributed by atoms with Crippen LogP contribution in [0.5, 0.6) is 0 Å². The normalized spacial score (nSPS) is 11.5. The van der Waals surface area contributed by atoms with Crippen molar-refractivity contribution in [3.05, 3.63) is 66.4 Å². The average Bonchev–Trinajstić information content (AvgIpc) is 2.88. The Labute approximate surface area is 128 Å². The average molecular weight is 314 g/mol. The van der Waals surface area contributed by atoms with Crippen LogP contribution in [0, 0.1) is 0 Å². The Bertz CT molecular complexity index is 944. The number of anilines is 1. The van der Waals surface area contributed by atoms with E-state index in [2.05, 4.69) is 4.72 Å². The number of aromatic nitrogens is 1. The van der Waals surface area contributed by atoms with Gasteiger partial charge in [-0.2, -0.15) is 0 Å². The van der Waals surface area contributed by atoms with Crippen LogP contribution in [-0.4, -0.2) is 25.1 Å². The third-order valence-corrected chi connectivity index (χ3v) is 3.84. The zero-order valence-corrected chi connectivity index (χ0v) is 12.7. The fraction of sp³-hybridized carbons (Fsp3) is 0.0625. The molecule has 0 saturated carbocycles. The Kier molecular flexibility index (Phi) is 3.46. The van der Waals surface area contributed by atoms with Gasteiger partial charge in [-0.25, -0.2) is 8.42 Å². The molecule has 22 heavy (non-hydrogen) atoms. The van der Waals surface area contributed by atoms with Crippen molar-refractivity contribution in [3.8, 4) is 0 Å². The Hall–Kier alpha value is -2.60. The standard InChI is InChI=1S/C16H14N2O3S/c1-22(20,21)17-14-7-8-15-13(11-14)9-10-18(15)16(19)12-5-3-2-4-6-12/h2-11,17H,1H3. The van der Waals surface area contributed by atoms with Gasteiger partial charge in [0.2, 0.25) is 10.0 Å². The van der Waals surface area contributed by atoms with Crippen molar-refractivity contribution in [2.24, 2.45) is 0 Å². The molecular weight excluding hydrogens is 300 g/mol. The molecule has 1 aromatic heterocycles. The van der Waals surface area contributed by atoms with Gasteiger partial charge in [0, 0.05) is 22.8 Å². The third kappa shape index (κ3) is 2.87. The van der Waals surface area contributed by atoms with Crippen molar-refractivity contribution in [3.63, 3.8) is 0 Å². The maximum absolute atomic E-state index is 12.5. The number of hydrogen-bond acceptors (Lipinski definition) is 3. The highest BCUT2D eigenvalue weighted by atomic mass is 32.2. The predicted octanol–water partition coefficient (Wildman–Crippen LogP) is 2.70. The fourth-order valence-corrected chi connectivity index (χ4v) is 2.87. The number of sulfonamides is 1. The second-order valence-corrected chi connectivity index (χ2v) is 6.75. The lowest BCUT2D eigenvalue weighted by atomic mass is 10.2. The van der Waals surface area contributed by atoms with Crippen LogP contribution in [-0.2, 0) is 10.0 Å². The number of fused-ring (bicyclic) bond motifs is 1. The topological polar surface area (TPSA) is 68.2 Å². The molecule has 0 aliphatic carbocycles. The van der Waals surface area contributed by atoms with Gasteiger partial charge in [-0.05, 0) is 36.4 Å². The first kappa shape index (κ1) is 14.3. The Morgan fingerprint density at radius 1 is 1.05 bits per heavy atom. The quantitative estimate of drug-likeness (QED) is 0.808. The maximum atomic E-state index is 12.5. The molecule has 0 aliphatic heterocycles. The van der Waals surface area contributed by atoms with E-state index in [9.17, 15) is 13.2 Å². The fourth-order valence-electron chi connectivity index (χ4n) is 2.32. The van der Waals surface area contributed by atoms with Crippen molar-refractivity contribution in [1.29, 1.82) is 0 Å². The highest BCUT2D eigenvalue weighted by Crippen LogP contribution is 2.22. The summed E-state index contributed by atoms with van der Waals surface area (Å²) in [7, 11) is -3.32. The van der Waals surface area contributed by atoms with Gasteiger partial charge >= 0.3 is 0 Å². The molecule has 3 aromatic rings. The second-order valence-electron chi connectivity index (χ2n) is 5.00. The lowest BCUT2D eigenvalue weighted by Gasteiger charge is -2.06. The Balaban J connectivity index is 2.01. The summed E-state index contributed by atoms with van der Waals surface area (Å²) in [5.74, 6) is -0.126. The van der Waals surface area contributed by atoms with Crippen LogP contribution in [0.15, 0.2) is 60.8 Å². The number of carbonyl (C=O) groups is 1. The number of nitrogens with one attached hydrogen (secondary N) is 1. The van der Waals surface area contributed by atoms with Crippen LogP contribution in [0.1, 0.15) is 10.4 Å². The van der Waals surface area contributed by atoms with Crippen molar-refractivity contribution in [2.75, 3.05) is 11.0 Å². The molecule has 1 heterocycles. The van der Waals surface area contributed by atoms with Crippen LogP contribution in [0.2, 0.25) is 0 Å². The van der Waals surface area contributed by atoms with E-state index in [-0.39, 0.29) is 5.91 Å². The summed E-state index contributed by atoms with van der Waals surface area (Å²) in [6.45, 7) is 0. The zero-order chi connectivity index (χ0) is 15.7. The van der Waals surface area contributed by atoms with Crippen molar-refractivity contribution >= 4 is 32.5 Å². The van der Waals surface area contributed by atoms with Gasteiger partial charge in [-0.1, -0.05) is 18.2 Å². The van der Waals surface area contributed by atoms with E-state index in [0.717, 1.165) is 17.2 Å². The van der Waals surface area contributed by atoms with E-state index in [1.165, 1.54) is 0 Å². The summed E-state index contributed by atoms with van der Waals surface area (Å²) >= 11 is 0. The van der Waals surface area contributed by atoms with E-state index in [1.807, 2.05) is 18.2 Å². The molecule has 0 spiro atoms. The van der Waals surface area contributed by atoms with Gasteiger partial charge in [-0.15, -0.1) is 0 Å². The molecule has 0 amide bonds. The first-order valence-corrected chi connectivity index (χ1v) is 8.52. The van der Waals surface area contributed by atoms with Gasteiger partial charge in [0.25, 0.3) is 5.91 Å². The smallest absolute Gasteiger partial charge is 0.262 e.